The Morgan fingerprint density at radius 3 is 2.29 bits per heavy atom. The van der Waals surface area contributed by atoms with Gasteiger partial charge < -0.3 is 25.3 Å². The standard InChI is InChI=1S/C27H34B4N6O4/c1-25(2,41-14-39-3)18-12-11-15(13-33-18)26(28,29)19-9-6-10-20(34-19)27(30,31)37-23(38)22-16-7-5-8-17(40-4)21(16)35-24(32)36-22/h5-13H,14,28-31H2,1-4H3,(H,37,38)(H2,32,35,36). The molecule has 0 bridgehead atoms. The number of ether oxygens (including phenoxy) is 3. The lowest BCUT2D eigenvalue weighted by Crippen LogP contribution is -2.48. The van der Waals surface area contributed by atoms with Crippen molar-refractivity contribution in [1.29, 1.82) is 0 Å². The molecule has 0 saturated carbocycles. The predicted octanol–water partition coefficient (Wildman–Crippen LogP) is -0.860. The van der Waals surface area contributed by atoms with Gasteiger partial charge in [0.1, 0.15) is 60.7 Å². The molecule has 3 aromatic heterocycles. The Hall–Kier alpha value is -3.89. The van der Waals surface area contributed by atoms with E-state index in [-0.39, 0.29) is 18.4 Å². The number of pyridine rings is 2. The van der Waals surface area contributed by atoms with Gasteiger partial charge in [-0.3, -0.25) is 14.8 Å². The third kappa shape index (κ3) is 6.23. The second-order valence-corrected chi connectivity index (χ2v) is 11.4. The maximum absolute atomic E-state index is 13.5. The summed E-state index contributed by atoms with van der Waals surface area (Å²) in [6, 6.07) is 15.1. The number of para-hydroxylation sites is 1. The van der Waals surface area contributed by atoms with Crippen LogP contribution in [0.25, 0.3) is 10.9 Å². The van der Waals surface area contributed by atoms with Crippen molar-refractivity contribution < 1.29 is 19.0 Å². The van der Waals surface area contributed by atoms with Crippen LogP contribution in [0.3, 0.4) is 0 Å². The summed E-state index contributed by atoms with van der Waals surface area (Å²) in [5.41, 5.74) is 9.32. The van der Waals surface area contributed by atoms with Crippen molar-refractivity contribution in [2.24, 2.45) is 0 Å². The Morgan fingerprint density at radius 1 is 0.927 bits per heavy atom. The first-order valence-electron chi connectivity index (χ1n) is 13.3. The highest BCUT2D eigenvalue weighted by molar-refractivity contribution is 6.42. The van der Waals surface area contributed by atoms with Gasteiger partial charge in [0.15, 0.2) is 0 Å². The number of nitrogen functional groups attached to an aromatic ring is 1. The molecule has 4 aromatic rings. The molecule has 3 N–H and O–H groups in total. The first kappa shape index (κ1) is 30.1. The van der Waals surface area contributed by atoms with Gasteiger partial charge in [0.2, 0.25) is 5.95 Å². The topological polar surface area (TPSA) is 134 Å². The van der Waals surface area contributed by atoms with Gasteiger partial charge >= 0.3 is 0 Å². The molecule has 3 heterocycles. The molecule has 0 radical (unpaired) electrons. The number of carbonyl (C=O) groups excluding carboxylic acids is 1. The smallest absolute Gasteiger partial charge is 0.270 e. The van der Waals surface area contributed by atoms with Gasteiger partial charge in [0, 0.05) is 35.4 Å². The molecule has 0 saturated heterocycles. The minimum Gasteiger partial charge on any atom is -0.494 e. The van der Waals surface area contributed by atoms with Crippen LogP contribution < -0.4 is 15.8 Å². The van der Waals surface area contributed by atoms with Crippen LogP contribution in [-0.4, -0.2) is 78.2 Å². The summed E-state index contributed by atoms with van der Waals surface area (Å²) >= 11 is 0. The largest absolute Gasteiger partial charge is 0.494 e. The predicted molar refractivity (Wildman–Crippen MR) is 169 cm³/mol. The fourth-order valence-corrected chi connectivity index (χ4v) is 4.57. The fraction of sp³-hybridized carbons (Fsp3) is 0.296. The van der Waals surface area contributed by atoms with Crippen molar-refractivity contribution in [2.45, 2.75) is 30.0 Å². The van der Waals surface area contributed by atoms with E-state index in [9.17, 15) is 4.79 Å². The number of methoxy groups -OCH3 is 2. The van der Waals surface area contributed by atoms with Gasteiger partial charge in [-0.1, -0.05) is 24.3 Å². The number of benzene rings is 1. The first-order valence-corrected chi connectivity index (χ1v) is 13.3. The average Bonchev–Trinajstić information content (AvgIpc) is 2.95. The Balaban J connectivity index is 1.61. The number of nitrogens with one attached hydrogen (secondary N) is 1. The zero-order valence-electron chi connectivity index (χ0n) is 24.9. The fourth-order valence-electron chi connectivity index (χ4n) is 4.57. The summed E-state index contributed by atoms with van der Waals surface area (Å²) in [7, 11) is 11.1. The number of hydrogen-bond acceptors (Lipinski definition) is 9. The summed E-state index contributed by atoms with van der Waals surface area (Å²) in [5.74, 6) is 0.0992. The number of hydrogen-bond donors (Lipinski definition) is 2. The molecule has 1 aromatic carbocycles. The van der Waals surface area contributed by atoms with Crippen LogP contribution in [0, 0.1) is 0 Å². The third-order valence-corrected chi connectivity index (χ3v) is 7.24. The molecule has 41 heavy (non-hydrogen) atoms. The van der Waals surface area contributed by atoms with Gasteiger partial charge in [0.25, 0.3) is 5.91 Å². The summed E-state index contributed by atoms with van der Waals surface area (Å²) in [5, 5.41) is 2.32. The van der Waals surface area contributed by atoms with Crippen LogP contribution in [0.1, 0.15) is 47.0 Å². The normalized spacial score (nSPS) is 12.3. The van der Waals surface area contributed by atoms with Gasteiger partial charge in [0.05, 0.1) is 12.8 Å². The zero-order chi connectivity index (χ0) is 30.0. The number of rotatable bonds is 10. The van der Waals surface area contributed by atoms with Crippen LogP contribution in [0.5, 0.6) is 5.75 Å². The van der Waals surface area contributed by atoms with Crippen molar-refractivity contribution in [2.75, 3.05) is 26.7 Å². The Bertz CT molecular complexity index is 1570. The maximum atomic E-state index is 13.5. The third-order valence-electron chi connectivity index (χ3n) is 7.24. The summed E-state index contributed by atoms with van der Waals surface area (Å²) in [4.78, 5) is 31.7. The second kappa shape index (κ2) is 11.5. The summed E-state index contributed by atoms with van der Waals surface area (Å²) < 4.78 is 16.2. The molecule has 0 spiro atoms. The second-order valence-electron chi connectivity index (χ2n) is 11.4. The van der Waals surface area contributed by atoms with E-state index in [1.807, 2.05) is 66.1 Å². The number of amides is 1. The van der Waals surface area contributed by atoms with Gasteiger partial charge in [-0.15, -0.1) is 0 Å². The minimum absolute atomic E-state index is 0.0138. The molecule has 0 unspecified atom stereocenters. The highest BCUT2D eigenvalue weighted by Gasteiger charge is 2.31. The molecule has 4 rings (SSSR count). The zero-order valence-corrected chi connectivity index (χ0v) is 24.9. The van der Waals surface area contributed by atoms with Crippen molar-refractivity contribution >= 4 is 54.1 Å². The SMILES string of the molecule is BC(B)(NC(=O)c1nc(N)nc2c(OC)cccc12)c1cccc(C(B)(B)c2ccc(C(C)(C)OCOC)nc2)n1. The van der Waals surface area contributed by atoms with E-state index in [2.05, 4.69) is 36.0 Å². The van der Waals surface area contributed by atoms with Crippen molar-refractivity contribution in [1.82, 2.24) is 25.3 Å². The average molecular weight is 550 g/mol. The van der Waals surface area contributed by atoms with Crippen molar-refractivity contribution in [3.8, 4) is 5.75 Å². The van der Waals surface area contributed by atoms with E-state index in [1.54, 1.807) is 32.4 Å². The number of nitrogens with zero attached hydrogens (tertiary/aromatic N) is 4. The van der Waals surface area contributed by atoms with E-state index < -0.39 is 22.1 Å². The van der Waals surface area contributed by atoms with Crippen molar-refractivity contribution in [3.05, 3.63) is 83.1 Å². The molecule has 10 nitrogen and oxygen atoms in total. The van der Waals surface area contributed by atoms with Crippen LogP contribution in [0.15, 0.2) is 54.7 Å². The molecule has 0 aliphatic rings. The minimum atomic E-state index is -0.834. The molecular formula is C27H34B4N6O4. The van der Waals surface area contributed by atoms with Crippen LogP contribution >= 0.6 is 0 Å². The number of carbonyl (C=O) groups is 1. The number of nitrogens with two attached hydrogens (primary N) is 1. The van der Waals surface area contributed by atoms with E-state index in [4.69, 9.17) is 24.9 Å². The molecule has 1 amide bonds. The lowest BCUT2D eigenvalue weighted by Gasteiger charge is -2.30. The highest BCUT2D eigenvalue weighted by atomic mass is 16.7. The molecule has 0 aliphatic heterocycles. The Labute approximate surface area is 243 Å². The van der Waals surface area contributed by atoms with Gasteiger partial charge in [-0.25, -0.2) is 9.97 Å². The Morgan fingerprint density at radius 2 is 1.63 bits per heavy atom. The van der Waals surface area contributed by atoms with Crippen LogP contribution in [-0.2, 0) is 25.6 Å². The van der Waals surface area contributed by atoms with E-state index in [0.717, 1.165) is 17.0 Å². The monoisotopic (exact) mass is 550 g/mol. The lowest BCUT2D eigenvalue weighted by atomic mass is 9.49. The maximum Gasteiger partial charge on any atom is 0.270 e. The van der Waals surface area contributed by atoms with E-state index in [0.29, 0.717) is 22.3 Å². The quantitative estimate of drug-likeness (QED) is 0.191. The van der Waals surface area contributed by atoms with Crippen molar-refractivity contribution in [3.63, 3.8) is 0 Å². The molecule has 208 valence electrons. The summed E-state index contributed by atoms with van der Waals surface area (Å²) in [6.45, 7) is 4.09. The Kier molecular flexibility index (Phi) is 8.46. The number of fused-ring (bicyclic) bond motifs is 1. The van der Waals surface area contributed by atoms with Crippen LogP contribution in [0.2, 0.25) is 0 Å². The van der Waals surface area contributed by atoms with Gasteiger partial charge in [-0.2, -0.15) is 0 Å². The lowest BCUT2D eigenvalue weighted by molar-refractivity contribution is -0.120. The molecule has 14 heteroatoms. The molecular weight excluding hydrogens is 516 g/mol. The molecule has 0 atom stereocenters. The van der Waals surface area contributed by atoms with Gasteiger partial charge in [-0.05, 0) is 48.9 Å². The van der Waals surface area contributed by atoms with E-state index >= 15 is 0 Å². The highest BCUT2D eigenvalue weighted by Crippen LogP contribution is 2.29. The van der Waals surface area contributed by atoms with E-state index in [1.165, 1.54) is 0 Å². The molecule has 0 fully saturated rings. The summed E-state index contributed by atoms with van der Waals surface area (Å²) in [6.07, 6.45) is 1.85. The number of anilines is 1. The number of aromatic nitrogens is 4. The first-order chi connectivity index (χ1) is 19.3. The molecule has 0 aliphatic carbocycles. The van der Waals surface area contributed by atoms with Crippen LogP contribution in [0.4, 0.5) is 5.95 Å².